The monoisotopic (exact) mass is 289 g/mol. The molecule has 21 heavy (non-hydrogen) atoms. The molecular weight excluding hydrogens is 270 g/mol. The zero-order chi connectivity index (χ0) is 15.6. The van der Waals surface area contributed by atoms with E-state index in [4.69, 9.17) is 5.11 Å². The fourth-order valence-corrected chi connectivity index (χ4v) is 2.14. The van der Waals surface area contributed by atoms with Crippen molar-refractivity contribution in [3.05, 3.63) is 48.0 Å². The van der Waals surface area contributed by atoms with Gasteiger partial charge in [-0.05, 0) is 23.1 Å². The second kappa shape index (κ2) is 5.65. The topological polar surface area (TPSA) is 88.2 Å². The maximum Gasteiger partial charge on any atom is 0.335 e. The number of aromatic carboxylic acids is 1. The number of aliphatic hydroxyl groups is 1. The lowest BCUT2D eigenvalue weighted by Gasteiger charge is -2.33. The highest BCUT2D eigenvalue weighted by molar-refractivity contribution is 5.87. The van der Waals surface area contributed by atoms with Gasteiger partial charge in [0.05, 0.1) is 11.7 Å². The fourth-order valence-electron chi connectivity index (χ4n) is 2.14. The summed E-state index contributed by atoms with van der Waals surface area (Å²) in [6.07, 6.45) is 2.26. The summed E-state index contributed by atoms with van der Waals surface area (Å²) in [6.45, 7) is 5.81. The molecule has 0 amide bonds. The highest BCUT2D eigenvalue weighted by Gasteiger charge is 2.33. The summed E-state index contributed by atoms with van der Waals surface area (Å²) in [6, 6.07) is 6.03. The highest BCUT2D eigenvalue weighted by atomic mass is 16.4. The first-order valence-corrected chi connectivity index (χ1v) is 6.66. The first kappa shape index (κ1) is 15.2. The second-order valence-electron chi connectivity index (χ2n) is 6.06. The summed E-state index contributed by atoms with van der Waals surface area (Å²) in [7, 11) is 0. The number of carbonyl (C=O) groups is 1. The summed E-state index contributed by atoms with van der Waals surface area (Å²) in [5.74, 6) is -0.977. The van der Waals surface area contributed by atoms with E-state index in [2.05, 4.69) is 10.1 Å². The number of carboxylic acids is 1. The van der Waals surface area contributed by atoms with E-state index < -0.39 is 18.1 Å². The van der Waals surface area contributed by atoms with Gasteiger partial charge in [0.1, 0.15) is 18.7 Å². The predicted octanol–water partition coefficient (Wildman–Crippen LogP) is 1.97. The van der Waals surface area contributed by atoms with Crippen LogP contribution >= 0.6 is 0 Å². The Bertz CT molecular complexity index is 600. The van der Waals surface area contributed by atoms with E-state index in [0.717, 1.165) is 5.56 Å². The molecule has 0 aliphatic carbocycles. The van der Waals surface area contributed by atoms with Gasteiger partial charge in [-0.15, -0.1) is 0 Å². The molecule has 112 valence electrons. The van der Waals surface area contributed by atoms with Gasteiger partial charge in [-0.25, -0.2) is 14.5 Å². The van der Waals surface area contributed by atoms with Crippen LogP contribution in [0, 0.1) is 5.41 Å². The number of hydrogen-bond donors (Lipinski definition) is 2. The summed E-state index contributed by atoms with van der Waals surface area (Å²) < 4.78 is 1.59. The van der Waals surface area contributed by atoms with E-state index in [-0.39, 0.29) is 11.0 Å². The van der Waals surface area contributed by atoms with E-state index in [1.807, 2.05) is 20.8 Å². The number of rotatable bonds is 4. The fraction of sp³-hybridized carbons (Fsp3) is 0.400. The van der Waals surface area contributed by atoms with Crippen LogP contribution in [0.15, 0.2) is 36.9 Å². The van der Waals surface area contributed by atoms with Crippen LogP contribution in [0.2, 0.25) is 0 Å². The maximum atomic E-state index is 10.9. The third-order valence-electron chi connectivity index (χ3n) is 3.41. The van der Waals surface area contributed by atoms with Gasteiger partial charge >= 0.3 is 5.97 Å². The van der Waals surface area contributed by atoms with Crippen molar-refractivity contribution in [2.24, 2.45) is 5.41 Å². The standard InChI is InChI=1S/C15H19N3O3/c1-15(2,3)13(19)12(18-9-16-8-17-18)10-4-6-11(7-5-10)14(20)21/h4-9,12-13,19H,1-3H3,(H,20,21). The third kappa shape index (κ3) is 3.28. The molecule has 2 aromatic rings. The van der Waals surface area contributed by atoms with Crippen LogP contribution in [0.1, 0.15) is 42.7 Å². The molecule has 0 aliphatic rings. The average molecular weight is 289 g/mol. The minimum Gasteiger partial charge on any atom is -0.478 e. The largest absolute Gasteiger partial charge is 0.478 e. The number of aliphatic hydroxyl groups excluding tert-OH is 1. The number of aromatic nitrogens is 3. The lowest BCUT2D eigenvalue weighted by Crippen LogP contribution is -2.36. The molecule has 1 aromatic carbocycles. The summed E-state index contributed by atoms with van der Waals surface area (Å²) in [4.78, 5) is 14.9. The zero-order valence-corrected chi connectivity index (χ0v) is 12.3. The Morgan fingerprint density at radius 1 is 1.24 bits per heavy atom. The van der Waals surface area contributed by atoms with Crippen LogP contribution in [0.25, 0.3) is 0 Å². The van der Waals surface area contributed by atoms with Gasteiger partial charge < -0.3 is 10.2 Å². The summed E-state index contributed by atoms with van der Waals surface area (Å²) >= 11 is 0. The molecule has 6 nitrogen and oxygen atoms in total. The van der Waals surface area contributed by atoms with Crippen LogP contribution in [0.5, 0.6) is 0 Å². The van der Waals surface area contributed by atoms with Crippen LogP contribution < -0.4 is 0 Å². The van der Waals surface area contributed by atoms with Gasteiger partial charge in [0, 0.05) is 0 Å². The quantitative estimate of drug-likeness (QED) is 0.898. The molecule has 6 heteroatoms. The van der Waals surface area contributed by atoms with E-state index in [1.165, 1.54) is 18.5 Å². The van der Waals surface area contributed by atoms with Crippen molar-refractivity contribution in [2.45, 2.75) is 32.9 Å². The molecule has 2 atom stereocenters. The number of nitrogens with zero attached hydrogens (tertiary/aromatic N) is 3. The Hall–Kier alpha value is -2.21. The van der Waals surface area contributed by atoms with Gasteiger partial charge in [-0.1, -0.05) is 32.9 Å². The minimum atomic E-state index is -0.977. The maximum absolute atomic E-state index is 10.9. The number of hydrogen-bond acceptors (Lipinski definition) is 4. The average Bonchev–Trinajstić information content (AvgIpc) is 2.92. The predicted molar refractivity (Wildman–Crippen MR) is 77.0 cm³/mol. The Morgan fingerprint density at radius 3 is 2.29 bits per heavy atom. The molecule has 2 unspecified atom stereocenters. The summed E-state index contributed by atoms with van der Waals surface area (Å²) in [5, 5.41) is 23.7. The molecule has 0 fully saturated rings. The van der Waals surface area contributed by atoms with Crippen molar-refractivity contribution in [3.8, 4) is 0 Å². The number of carboxylic acid groups (broad SMARTS) is 1. The molecular formula is C15H19N3O3. The third-order valence-corrected chi connectivity index (χ3v) is 3.41. The van der Waals surface area contributed by atoms with E-state index in [9.17, 15) is 9.90 Å². The molecule has 2 N–H and O–H groups in total. The molecule has 0 bridgehead atoms. The Morgan fingerprint density at radius 2 is 1.86 bits per heavy atom. The van der Waals surface area contributed by atoms with Gasteiger partial charge in [0.15, 0.2) is 0 Å². The SMILES string of the molecule is CC(C)(C)C(O)C(c1ccc(C(=O)O)cc1)n1cncn1. The Labute approximate surface area is 123 Å². The summed E-state index contributed by atoms with van der Waals surface area (Å²) in [5.41, 5.74) is 0.636. The Balaban J connectivity index is 2.43. The van der Waals surface area contributed by atoms with Gasteiger partial charge in [0.2, 0.25) is 0 Å². The van der Waals surface area contributed by atoms with Crippen LogP contribution in [0.4, 0.5) is 0 Å². The van der Waals surface area contributed by atoms with Crippen LogP contribution in [-0.2, 0) is 0 Å². The first-order valence-electron chi connectivity index (χ1n) is 6.66. The van der Waals surface area contributed by atoms with Crippen molar-refractivity contribution in [3.63, 3.8) is 0 Å². The van der Waals surface area contributed by atoms with E-state index in [0.29, 0.717) is 0 Å². The molecule has 0 saturated carbocycles. The van der Waals surface area contributed by atoms with Crippen molar-refractivity contribution in [1.29, 1.82) is 0 Å². The normalized spacial score (nSPS) is 14.7. The van der Waals surface area contributed by atoms with E-state index >= 15 is 0 Å². The van der Waals surface area contributed by atoms with Crippen LogP contribution in [0.3, 0.4) is 0 Å². The van der Waals surface area contributed by atoms with Gasteiger partial charge in [-0.2, -0.15) is 5.10 Å². The zero-order valence-electron chi connectivity index (χ0n) is 12.3. The lowest BCUT2D eigenvalue weighted by molar-refractivity contribution is 0.0260. The molecule has 0 spiro atoms. The highest BCUT2D eigenvalue weighted by Crippen LogP contribution is 2.32. The van der Waals surface area contributed by atoms with E-state index in [1.54, 1.807) is 23.1 Å². The van der Waals surface area contributed by atoms with Crippen molar-refractivity contribution < 1.29 is 15.0 Å². The molecule has 1 heterocycles. The lowest BCUT2D eigenvalue weighted by atomic mass is 9.82. The molecule has 0 saturated heterocycles. The minimum absolute atomic E-state index is 0.210. The van der Waals surface area contributed by atoms with Gasteiger partial charge in [0.25, 0.3) is 0 Å². The van der Waals surface area contributed by atoms with Crippen molar-refractivity contribution in [2.75, 3.05) is 0 Å². The first-order chi connectivity index (χ1) is 9.80. The smallest absolute Gasteiger partial charge is 0.335 e. The van der Waals surface area contributed by atoms with Crippen molar-refractivity contribution >= 4 is 5.97 Å². The number of benzene rings is 1. The molecule has 0 radical (unpaired) electrons. The Kier molecular flexibility index (Phi) is 4.09. The molecule has 0 aliphatic heterocycles. The van der Waals surface area contributed by atoms with Crippen molar-refractivity contribution in [1.82, 2.24) is 14.8 Å². The molecule has 2 rings (SSSR count). The van der Waals surface area contributed by atoms with Crippen LogP contribution in [-0.4, -0.2) is 37.1 Å². The van der Waals surface area contributed by atoms with Gasteiger partial charge in [-0.3, -0.25) is 0 Å². The molecule has 1 aromatic heterocycles. The second-order valence-corrected chi connectivity index (χ2v) is 6.06.